The number of nitrogens with zero attached hydrogens (tertiary/aromatic N) is 1. The number of carboxylic acids is 1. The maximum atomic E-state index is 12.4. The van der Waals surface area contributed by atoms with Gasteiger partial charge in [0.2, 0.25) is 17.7 Å². The minimum absolute atomic E-state index is 0.0510. The fourth-order valence-electron chi connectivity index (χ4n) is 2.46. The van der Waals surface area contributed by atoms with Crippen molar-refractivity contribution < 1.29 is 24.3 Å². The van der Waals surface area contributed by atoms with Gasteiger partial charge in [0.25, 0.3) is 0 Å². The van der Waals surface area contributed by atoms with Crippen LogP contribution in [0, 0.1) is 5.92 Å². The summed E-state index contributed by atoms with van der Waals surface area (Å²) in [5, 5.41) is 16.7. The molecule has 0 aromatic heterocycles. The third-order valence-electron chi connectivity index (χ3n) is 4.65. The molecule has 0 heterocycles. The van der Waals surface area contributed by atoms with Gasteiger partial charge in [-0.15, -0.1) is 0 Å². The van der Waals surface area contributed by atoms with Crippen LogP contribution in [-0.4, -0.2) is 71.2 Å². The second kappa shape index (κ2) is 14.5. The SMILES string of the molecule is CCC(C)C(NC(=O)C(CS)NC(=O)C(C)NC(=O)C(N)CCCN=C(N)N)C(=O)O. The van der Waals surface area contributed by atoms with Crippen molar-refractivity contribution in [1.29, 1.82) is 0 Å². The first kappa shape index (κ1) is 28.5. The molecule has 0 aliphatic heterocycles. The molecule has 0 spiro atoms. The van der Waals surface area contributed by atoms with E-state index in [1.165, 1.54) is 6.92 Å². The van der Waals surface area contributed by atoms with E-state index in [4.69, 9.17) is 17.2 Å². The molecule has 13 heteroatoms. The molecule has 5 atom stereocenters. The summed E-state index contributed by atoms with van der Waals surface area (Å²) in [5.74, 6) is -3.43. The number of nitrogens with two attached hydrogens (primary N) is 3. The summed E-state index contributed by atoms with van der Waals surface area (Å²) in [6.07, 6.45) is 1.34. The minimum atomic E-state index is -1.17. The molecule has 0 bridgehead atoms. The first-order valence-corrected chi connectivity index (χ1v) is 10.6. The Labute approximate surface area is 187 Å². The Morgan fingerprint density at radius 1 is 1.03 bits per heavy atom. The summed E-state index contributed by atoms with van der Waals surface area (Å²) in [5.41, 5.74) is 16.2. The highest BCUT2D eigenvalue weighted by Crippen LogP contribution is 2.08. The molecule has 0 aromatic rings. The number of guanidine groups is 1. The highest BCUT2D eigenvalue weighted by Gasteiger charge is 2.30. The van der Waals surface area contributed by atoms with Crippen molar-refractivity contribution in [3.05, 3.63) is 0 Å². The molecule has 0 aliphatic rings. The fourth-order valence-corrected chi connectivity index (χ4v) is 2.72. The Bertz CT molecular complexity index is 657. The van der Waals surface area contributed by atoms with Gasteiger partial charge in [0.05, 0.1) is 6.04 Å². The molecule has 0 aromatic carbocycles. The van der Waals surface area contributed by atoms with Crippen molar-refractivity contribution >= 4 is 42.3 Å². The fraction of sp³-hybridized carbons (Fsp3) is 0.722. The number of aliphatic imine (C=N–C) groups is 1. The third kappa shape index (κ3) is 10.9. The molecule has 12 nitrogen and oxygen atoms in total. The summed E-state index contributed by atoms with van der Waals surface area (Å²) < 4.78 is 0. The number of carbonyl (C=O) groups is 4. The monoisotopic (exact) mass is 461 g/mol. The van der Waals surface area contributed by atoms with Gasteiger partial charge in [-0.1, -0.05) is 20.3 Å². The number of hydrogen-bond donors (Lipinski definition) is 8. The average molecular weight is 462 g/mol. The van der Waals surface area contributed by atoms with Crippen LogP contribution in [0.4, 0.5) is 0 Å². The number of rotatable bonds is 14. The molecule has 0 radical (unpaired) electrons. The second-order valence-corrected chi connectivity index (χ2v) is 7.60. The van der Waals surface area contributed by atoms with Gasteiger partial charge < -0.3 is 38.3 Å². The van der Waals surface area contributed by atoms with E-state index in [1.54, 1.807) is 13.8 Å². The van der Waals surface area contributed by atoms with Crippen LogP contribution < -0.4 is 33.2 Å². The maximum Gasteiger partial charge on any atom is 0.326 e. The van der Waals surface area contributed by atoms with Crippen LogP contribution in [0.3, 0.4) is 0 Å². The Balaban J connectivity index is 4.75. The zero-order chi connectivity index (χ0) is 24.1. The van der Waals surface area contributed by atoms with Crippen LogP contribution in [-0.2, 0) is 19.2 Å². The summed E-state index contributed by atoms with van der Waals surface area (Å²) in [7, 11) is 0. The van der Waals surface area contributed by atoms with E-state index in [9.17, 15) is 24.3 Å². The first-order valence-electron chi connectivity index (χ1n) is 10.00. The third-order valence-corrected chi connectivity index (χ3v) is 5.01. The minimum Gasteiger partial charge on any atom is -0.480 e. The predicted octanol–water partition coefficient (Wildman–Crippen LogP) is -2.10. The highest BCUT2D eigenvalue weighted by molar-refractivity contribution is 7.80. The number of hydrogen-bond acceptors (Lipinski definition) is 7. The van der Waals surface area contributed by atoms with Gasteiger partial charge in [0, 0.05) is 12.3 Å². The zero-order valence-corrected chi connectivity index (χ0v) is 19.0. The summed E-state index contributed by atoms with van der Waals surface area (Å²) in [6.45, 7) is 5.27. The van der Waals surface area contributed by atoms with Crippen LogP contribution in [0.2, 0.25) is 0 Å². The predicted molar refractivity (Wildman–Crippen MR) is 120 cm³/mol. The van der Waals surface area contributed by atoms with E-state index in [-0.39, 0.29) is 17.6 Å². The van der Waals surface area contributed by atoms with Crippen molar-refractivity contribution in [3.8, 4) is 0 Å². The van der Waals surface area contributed by atoms with Gasteiger partial charge >= 0.3 is 5.97 Å². The number of thiol groups is 1. The summed E-state index contributed by atoms with van der Waals surface area (Å²) >= 11 is 4.05. The summed E-state index contributed by atoms with van der Waals surface area (Å²) in [6, 6.07) is -4.00. The lowest BCUT2D eigenvalue weighted by molar-refractivity contribution is -0.143. The molecule has 0 fully saturated rings. The Morgan fingerprint density at radius 3 is 2.13 bits per heavy atom. The van der Waals surface area contributed by atoms with Gasteiger partial charge in [-0.05, 0) is 25.7 Å². The quantitative estimate of drug-likeness (QED) is 0.0619. The number of carboxylic acid groups (broad SMARTS) is 1. The van der Waals surface area contributed by atoms with Crippen molar-refractivity contribution in [3.63, 3.8) is 0 Å². The molecular weight excluding hydrogens is 426 g/mol. The van der Waals surface area contributed by atoms with Crippen molar-refractivity contribution in [1.82, 2.24) is 16.0 Å². The Morgan fingerprint density at radius 2 is 1.65 bits per heavy atom. The zero-order valence-electron chi connectivity index (χ0n) is 18.1. The average Bonchev–Trinajstić information content (AvgIpc) is 2.71. The molecular formula is C18H35N7O5S. The number of nitrogens with one attached hydrogen (secondary N) is 3. The molecule has 10 N–H and O–H groups in total. The van der Waals surface area contributed by atoms with E-state index in [2.05, 4.69) is 33.6 Å². The molecule has 3 amide bonds. The van der Waals surface area contributed by atoms with Gasteiger partial charge in [0.15, 0.2) is 5.96 Å². The van der Waals surface area contributed by atoms with Gasteiger partial charge in [-0.3, -0.25) is 19.4 Å². The van der Waals surface area contributed by atoms with Crippen LogP contribution in [0.15, 0.2) is 4.99 Å². The van der Waals surface area contributed by atoms with E-state index >= 15 is 0 Å². The van der Waals surface area contributed by atoms with Crippen molar-refractivity contribution in [2.24, 2.45) is 28.1 Å². The van der Waals surface area contributed by atoms with Gasteiger partial charge in [-0.25, -0.2) is 4.79 Å². The molecule has 0 saturated carbocycles. The lowest BCUT2D eigenvalue weighted by Gasteiger charge is -2.24. The standard InChI is InChI=1S/C18H35N7O5S/c1-4-9(2)13(17(29)30)25-16(28)12(8-31)24-14(26)10(3)23-15(27)11(19)6-5-7-22-18(20)21/h9-13,31H,4-8,19H2,1-3H3,(H,23,27)(H,24,26)(H,25,28)(H,29,30)(H4,20,21,22). The topological polar surface area (TPSA) is 215 Å². The largest absolute Gasteiger partial charge is 0.480 e. The van der Waals surface area contributed by atoms with Gasteiger partial charge in [0.1, 0.15) is 18.1 Å². The Kier molecular flexibility index (Phi) is 13.3. The van der Waals surface area contributed by atoms with E-state index in [0.717, 1.165) is 0 Å². The lowest BCUT2D eigenvalue weighted by Crippen LogP contribution is -2.57. The van der Waals surface area contributed by atoms with Crippen molar-refractivity contribution in [2.75, 3.05) is 12.3 Å². The van der Waals surface area contributed by atoms with Crippen LogP contribution in [0.1, 0.15) is 40.0 Å². The molecule has 0 aliphatic carbocycles. The van der Waals surface area contributed by atoms with Gasteiger partial charge in [-0.2, -0.15) is 12.6 Å². The number of carbonyl (C=O) groups excluding carboxylic acids is 3. The lowest BCUT2D eigenvalue weighted by atomic mass is 9.99. The second-order valence-electron chi connectivity index (χ2n) is 7.24. The smallest absolute Gasteiger partial charge is 0.326 e. The Hall–Kier alpha value is -2.54. The van der Waals surface area contributed by atoms with Crippen LogP contribution in [0.25, 0.3) is 0 Å². The molecule has 0 rings (SSSR count). The van der Waals surface area contributed by atoms with E-state index in [0.29, 0.717) is 25.8 Å². The van der Waals surface area contributed by atoms with E-state index in [1.807, 2.05) is 0 Å². The molecule has 5 unspecified atom stereocenters. The van der Waals surface area contributed by atoms with E-state index < -0.39 is 47.9 Å². The van der Waals surface area contributed by atoms with Crippen LogP contribution in [0.5, 0.6) is 0 Å². The number of amides is 3. The summed E-state index contributed by atoms with van der Waals surface area (Å²) in [4.78, 5) is 52.1. The van der Waals surface area contributed by atoms with Crippen molar-refractivity contribution in [2.45, 2.75) is 64.2 Å². The molecule has 0 saturated heterocycles. The highest BCUT2D eigenvalue weighted by atomic mass is 32.1. The maximum absolute atomic E-state index is 12.4. The normalized spacial score (nSPS) is 15.5. The molecule has 31 heavy (non-hydrogen) atoms. The first-order chi connectivity index (χ1) is 14.4. The van der Waals surface area contributed by atoms with Crippen LogP contribution >= 0.6 is 12.6 Å². The number of aliphatic carboxylic acids is 1. The molecule has 178 valence electrons.